The van der Waals surface area contributed by atoms with Gasteiger partial charge in [0.25, 0.3) is 0 Å². The van der Waals surface area contributed by atoms with E-state index in [4.69, 9.17) is 5.73 Å². The van der Waals surface area contributed by atoms with Gasteiger partial charge in [-0.1, -0.05) is 49.7 Å². The number of benzene rings is 1. The maximum Gasteiger partial charge on any atom is 0.0290 e. The number of rotatable bonds is 3. The smallest absolute Gasteiger partial charge is 0.0290 e. The van der Waals surface area contributed by atoms with Crippen LogP contribution in [0.3, 0.4) is 0 Å². The fourth-order valence-electron chi connectivity index (χ4n) is 2.97. The predicted molar refractivity (Wildman–Crippen MR) is 86.5 cm³/mol. The Labute approximate surface area is 124 Å². The molecular formula is C19H27N. The van der Waals surface area contributed by atoms with E-state index < -0.39 is 0 Å². The van der Waals surface area contributed by atoms with Crippen LogP contribution in [0, 0.1) is 17.3 Å². The molecule has 0 bridgehead atoms. The van der Waals surface area contributed by atoms with Gasteiger partial charge in [-0.15, -0.1) is 0 Å². The summed E-state index contributed by atoms with van der Waals surface area (Å²) in [6, 6.07) is 8.64. The van der Waals surface area contributed by atoms with E-state index in [2.05, 4.69) is 43.0 Å². The minimum Gasteiger partial charge on any atom is -0.330 e. The van der Waals surface area contributed by atoms with Crippen molar-refractivity contribution in [3.05, 3.63) is 35.4 Å². The van der Waals surface area contributed by atoms with Gasteiger partial charge in [0.1, 0.15) is 0 Å². The summed E-state index contributed by atoms with van der Waals surface area (Å²) in [6.45, 7) is 3.09. The third-order valence-corrected chi connectivity index (χ3v) is 4.31. The summed E-state index contributed by atoms with van der Waals surface area (Å²) in [7, 11) is 0. The lowest BCUT2D eigenvalue weighted by atomic mass is 9.83. The molecule has 1 fully saturated rings. The molecule has 1 aliphatic rings. The van der Waals surface area contributed by atoms with Gasteiger partial charge in [0, 0.05) is 11.0 Å². The van der Waals surface area contributed by atoms with E-state index in [0.29, 0.717) is 0 Å². The molecule has 20 heavy (non-hydrogen) atoms. The molecule has 0 unspecified atom stereocenters. The summed E-state index contributed by atoms with van der Waals surface area (Å²) >= 11 is 0. The molecule has 0 aliphatic heterocycles. The Kier molecular flexibility index (Phi) is 5.68. The molecule has 1 nitrogen and oxygen atoms in total. The van der Waals surface area contributed by atoms with Crippen LogP contribution in [0.2, 0.25) is 0 Å². The van der Waals surface area contributed by atoms with E-state index in [1.54, 1.807) is 0 Å². The van der Waals surface area contributed by atoms with Gasteiger partial charge in [-0.2, -0.15) is 0 Å². The minimum absolute atomic E-state index is 0.226. The topological polar surface area (TPSA) is 26.0 Å². The van der Waals surface area contributed by atoms with Gasteiger partial charge < -0.3 is 5.73 Å². The predicted octanol–water partition coefficient (Wildman–Crippen LogP) is 4.29. The summed E-state index contributed by atoms with van der Waals surface area (Å²) in [5, 5.41) is 0. The first kappa shape index (κ1) is 15.1. The van der Waals surface area contributed by atoms with E-state index in [9.17, 15) is 0 Å². The molecule has 0 radical (unpaired) electrons. The first-order valence-corrected chi connectivity index (χ1v) is 8.04. The van der Waals surface area contributed by atoms with Gasteiger partial charge in [0.2, 0.25) is 0 Å². The SMILES string of the molecule is CC1(C#Cc2cccc(CCCN)c2)CCCCCC1. The minimum atomic E-state index is 0.226. The molecule has 1 aromatic rings. The van der Waals surface area contributed by atoms with Crippen LogP contribution in [0.15, 0.2) is 24.3 Å². The molecular weight excluding hydrogens is 242 g/mol. The summed E-state index contributed by atoms with van der Waals surface area (Å²) in [5.74, 6) is 6.98. The standard InChI is InChI=1S/C19H27N/c1-19(12-4-2-3-5-13-19)14-11-18-9-6-8-17(16-18)10-7-15-20/h6,8-9,16H,2-5,7,10,12-13,15,20H2,1H3. The zero-order valence-corrected chi connectivity index (χ0v) is 12.8. The molecule has 1 heteroatoms. The van der Waals surface area contributed by atoms with Crippen molar-refractivity contribution < 1.29 is 0 Å². The molecule has 1 aliphatic carbocycles. The van der Waals surface area contributed by atoms with Crippen molar-refractivity contribution in [1.82, 2.24) is 0 Å². The maximum atomic E-state index is 5.57. The molecule has 0 atom stereocenters. The van der Waals surface area contributed by atoms with Crippen molar-refractivity contribution >= 4 is 0 Å². The molecule has 2 rings (SSSR count). The van der Waals surface area contributed by atoms with Crippen LogP contribution in [0.25, 0.3) is 0 Å². The van der Waals surface area contributed by atoms with Crippen LogP contribution < -0.4 is 5.73 Å². The van der Waals surface area contributed by atoms with Crippen molar-refractivity contribution in [2.24, 2.45) is 11.1 Å². The first-order chi connectivity index (χ1) is 9.72. The Morgan fingerprint density at radius 3 is 2.60 bits per heavy atom. The summed E-state index contributed by atoms with van der Waals surface area (Å²) in [5.41, 5.74) is 8.31. The summed E-state index contributed by atoms with van der Waals surface area (Å²) in [6.07, 6.45) is 10.1. The van der Waals surface area contributed by atoms with E-state index >= 15 is 0 Å². The second kappa shape index (κ2) is 7.50. The van der Waals surface area contributed by atoms with Crippen molar-refractivity contribution in [2.45, 2.75) is 58.3 Å². The molecule has 0 aromatic heterocycles. The van der Waals surface area contributed by atoms with Crippen molar-refractivity contribution in [1.29, 1.82) is 0 Å². The van der Waals surface area contributed by atoms with Gasteiger partial charge >= 0.3 is 0 Å². The van der Waals surface area contributed by atoms with Crippen LogP contribution in [0.5, 0.6) is 0 Å². The molecule has 0 saturated heterocycles. The molecule has 0 amide bonds. The van der Waals surface area contributed by atoms with Crippen molar-refractivity contribution in [3.8, 4) is 11.8 Å². The Bertz CT molecular complexity index is 470. The Balaban J connectivity index is 2.07. The molecule has 0 heterocycles. The third-order valence-electron chi connectivity index (χ3n) is 4.31. The van der Waals surface area contributed by atoms with E-state index in [0.717, 1.165) is 24.9 Å². The lowest BCUT2D eigenvalue weighted by Crippen LogP contribution is -2.11. The van der Waals surface area contributed by atoms with Gasteiger partial charge in [-0.05, 0) is 56.8 Å². The third kappa shape index (κ3) is 4.69. The van der Waals surface area contributed by atoms with Crippen LogP contribution in [-0.2, 0) is 6.42 Å². The van der Waals surface area contributed by atoms with Crippen LogP contribution >= 0.6 is 0 Å². The van der Waals surface area contributed by atoms with Gasteiger partial charge in [-0.3, -0.25) is 0 Å². The van der Waals surface area contributed by atoms with Crippen molar-refractivity contribution in [3.63, 3.8) is 0 Å². The average Bonchev–Trinajstić information content (AvgIpc) is 2.69. The van der Waals surface area contributed by atoms with Crippen molar-refractivity contribution in [2.75, 3.05) is 6.54 Å². The Morgan fingerprint density at radius 1 is 1.15 bits per heavy atom. The number of hydrogen-bond donors (Lipinski definition) is 1. The second-order valence-electron chi connectivity index (χ2n) is 6.32. The largest absolute Gasteiger partial charge is 0.330 e. The zero-order valence-electron chi connectivity index (χ0n) is 12.8. The highest BCUT2D eigenvalue weighted by Crippen LogP contribution is 2.33. The molecule has 1 saturated carbocycles. The van der Waals surface area contributed by atoms with E-state index in [-0.39, 0.29) is 5.41 Å². The fraction of sp³-hybridized carbons (Fsp3) is 0.579. The molecule has 108 valence electrons. The number of hydrogen-bond acceptors (Lipinski definition) is 1. The van der Waals surface area contributed by atoms with E-state index in [1.165, 1.54) is 44.1 Å². The molecule has 1 aromatic carbocycles. The normalized spacial score (nSPS) is 17.9. The number of aryl methyl sites for hydroxylation is 1. The maximum absolute atomic E-state index is 5.57. The van der Waals surface area contributed by atoms with Gasteiger partial charge in [0.15, 0.2) is 0 Å². The Morgan fingerprint density at radius 2 is 1.90 bits per heavy atom. The Hall–Kier alpha value is -1.26. The first-order valence-electron chi connectivity index (χ1n) is 8.04. The van der Waals surface area contributed by atoms with Crippen LogP contribution in [0.1, 0.15) is 63.0 Å². The number of nitrogens with two attached hydrogens (primary N) is 1. The summed E-state index contributed by atoms with van der Waals surface area (Å²) < 4.78 is 0. The second-order valence-corrected chi connectivity index (χ2v) is 6.32. The van der Waals surface area contributed by atoms with Gasteiger partial charge in [0.05, 0.1) is 0 Å². The monoisotopic (exact) mass is 269 g/mol. The molecule has 0 spiro atoms. The molecule has 2 N–H and O–H groups in total. The van der Waals surface area contributed by atoms with Crippen LogP contribution in [-0.4, -0.2) is 6.54 Å². The highest BCUT2D eigenvalue weighted by molar-refractivity contribution is 5.38. The van der Waals surface area contributed by atoms with Gasteiger partial charge in [-0.25, -0.2) is 0 Å². The average molecular weight is 269 g/mol. The summed E-state index contributed by atoms with van der Waals surface area (Å²) in [4.78, 5) is 0. The zero-order chi connectivity index (χ0) is 14.3. The lowest BCUT2D eigenvalue weighted by Gasteiger charge is -2.20. The quantitative estimate of drug-likeness (QED) is 0.643. The highest BCUT2D eigenvalue weighted by Gasteiger charge is 2.22. The highest BCUT2D eigenvalue weighted by atomic mass is 14.5. The van der Waals surface area contributed by atoms with Crippen LogP contribution in [0.4, 0.5) is 0 Å². The van der Waals surface area contributed by atoms with E-state index in [1.807, 2.05) is 0 Å². The lowest BCUT2D eigenvalue weighted by molar-refractivity contribution is 0.387. The fourth-order valence-corrected chi connectivity index (χ4v) is 2.97.